The molecule has 0 fully saturated rings. The van der Waals surface area contributed by atoms with E-state index in [0.717, 1.165) is 11.1 Å². The van der Waals surface area contributed by atoms with Gasteiger partial charge in [0.15, 0.2) is 0 Å². The van der Waals surface area contributed by atoms with Crippen LogP contribution in [0.15, 0.2) is 48.5 Å². The van der Waals surface area contributed by atoms with Crippen molar-refractivity contribution < 1.29 is 22.7 Å². The first-order valence-corrected chi connectivity index (χ1v) is 9.39. The number of aryl methyl sites for hydroxylation is 1. The van der Waals surface area contributed by atoms with Gasteiger partial charge in [0.2, 0.25) is 0 Å². The number of hydrogen-bond donors (Lipinski definition) is 0. The van der Waals surface area contributed by atoms with Crippen LogP contribution in [0.25, 0.3) is 0 Å². The summed E-state index contributed by atoms with van der Waals surface area (Å²) in [5.41, 5.74) is 2.28. The predicted molar refractivity (Wildman–Crippen MR) is 106 cm³/mol. The first-order chi connectivity index (χ1) is 14.2. The van der Waals surface area contributed by atoms with Crippen molar-refractivity contribution in [3.05, 3.63) is 81.9 Å². The Hall–Kier alpha value is -3.00. The zero-order valence-corrected chi connectivity index (χ0v) is 17.0. The van der Waals surface area contributed by atoms with Gasteiger partial charge in [-0.2, -0.15) is 13.9 Å². The lowest BCUT2D eigenvalue weighted by Crippen LogP contribution is -2.26. The summed E-state index contributed by atoms with van der Waals surface area (Å²) in [7, 11) is 1.61. The molecule has 0 saturated heterocycles. The van der Waals surface area contributed by atoms with E-state index >= 15 is 0 Å². The quantitative estimate of drug-likeness (QED) is 0.528. The summed E-state index contributed by atoms with van der Waals surface area (Å²) in [5.74, 6) is -0.618. The molecule has 0 spiro atoms. The van der Waals surface area contributed by atoms with Gasteiger partial charge in [-0.05, 0) is 42.3 Å². The number of hydrogen-bond acceptors (Lipinski definition) is 3. The first kappa shape index (κ1) is 21.7. The number of aromatic nitrogens is 2. The molecule has 1 heterocycles. The molecule has 1 aromatic heterocycles. The number of carbonyl (C=O) groups is 1. The second-order valence-electron chi connectivity index (χ2n) is 6.72. The normalized spacial score (nSPS) is 11.0. The zero-order chi connectivity index (χ0) is 21.8. The summed E-state index contributed by atoms with van der Waals surface area (Å²) in [4.78, 5) is 14.4. The van der Waals surface area contributed by atoms with Crippen LogP contribution in [0.2, 0.25) is 5.15 Å². The number of nitrogens with zero attached hydrogens (tertiary/aromatic N) is 3. The van der Waals surface area contributed by atoms with Crippen LogP contribution in [0, 0.1) is 12.7 Å². The molecule has 158 valence electrons. The van der Waals surface area contributed by atoms with Gasteiger partial charge < -0.3 is 9.64 Å². The van der Waals surface area contributed by atoms with E-state index in [-0.39, 0.29) is 34.7 Å². The van der Waals surface area contributed by atoms with E-state index < -0.39 is 6.61 Å². The summed E-state index contributed by atoms with van der Waals surface area (Å²) < 4.78 is 43.4. The fourth-order valence-corrected chi connectivity index (χ4v) is 3.29. The minimum absolute atomic E-state index is 0.0451. The Bertz CT molecular complexity index is 1020. The molecule has 0 N–H and O–H groups in total. The van der Waals surface area contributed by atoms with Crippen molar-refractivity contribution in [1.29, 1.82) is 0 Å². The van der Waals surface area contributed by atoms with E-state index in [1.54, 1.807) is 38.2 Å². The van der Waals surface area contributed by atoms with Gasteiger partial charge in [0.25, 0.3) is 5.91 Å². The van der Waals surface area contributed by atoms with Crippen molar-refractivity contribution in [2.45, 2.75) is 26.6 Å². The Kier molecular flexibility index (Phi) is 6.66. The smallest absolute Gasteiger partial charge is 0.387 e. The van der Waals surface area contributed by atoms with Crippen molar-refractivity contribution in [1.82, 2.24) is 14.7 Å². The van der Waals surface area contributed by atoms with Crippen LogP contribution >= 0.6 is 11.6 Å². The summed E-state index contributed by atoms with van der Waals surface area (Å²) in [5, 5.41) is 4.52. The fourth-order valence-electron chi connectivity index (χ4n) is 2.98. The minimum Gasteiger partial charge on any atom is -0.435 e. The van der Waals surface area contributed by atoms with Crippen molar-refractivity contribution in [3.63, 3.8) is 0 Å². The maximum absolute atomic E-state index is 13.1. The topological polar surface area (TPSA) is 47.4 Å². The number of amides is 1. The largest absolute Gasteiger partial charge is 0.435 e. The highest BCUT2D eigenvalue weighted by Crippen LogP contribution is 2.23. The van der Waals surface area contributed by atoms with Gasteiger partial charge in [-0.1, -0.05) is 35.9 Å². The van der Waals surface area contributed by atoms with Crippen LogP contribution in [-0.2, 0) is 13.1 Å². The van der Waals surface area contributed by atoms with E-state index in [4.69, 9.17) is 11.6 Å². The van der Waals surface area contributed by atoms with E-state index in [2.05, 4.69) is 9.84 Å². The molecule has 30 heavy (non-hydrogen) atoms. The number of halogens is 4. The average molecular weight is 438 g/mol. The van der Waals surface area contributed by atoms with Crippen LogP contribution in [0.5, 0.6) is 5.75 Å². The molecule has 1 amide bonds. The van der Waals surface area contributed by atoms with Gasteiger partial charge in [-0.25, -0.2) is 9.07 Å². The molecule has 3 aromatic rings. The summed E-state index contributed by atoms with van der Waals surface area (Å²) in [6.07, 6.45) is 0. The van der Waals surface area contributed by atoms with Gasteiger partial charge in [0.05, 0.1) is 17.8 Å². The van der Waals surface area contributed by atoms with Gasteiger partial charge in [-0.3, -0.25) is 4.79 Å². The molecule has 0 atom stereocenters. The third-order valence-electron chi connectivity index (χ3n) is 4.44. The Morgan fingerprint density at radius 1 is 1.13 bits per heavy atom. The van der Waals surface area contributed by atoms with Crippen LogP contribution in [0.1, 0.15) is 27.2 Å². The van der Waals surface area contributed by atoms with E-state index in [9.17, 15) is 18.0 Å². The molecule has 2 aromatic carbocycles. The summed E-state index contributed by atoms with van der Waals surface area (Å²) in [6, 6.07) is 12.0. The van der Waals surface area contributed by atoms with E-state index in [0.29, 0.717) is 12.2 Å². The lowest BCUT2D eigenvalue weighted by Gasteiger charge is -2.17. The Morgan fingerprint density at radius 2 is 1.73 bits per heavy atom. The number of rotatable bonds is 7. The molecule has 0 aliphatic rings. The zero-order valence-electron chi connectivity index (χ0n) is 16.3. The number of carbonyl (C=O) groups excluding carboxylic acids is 1. The lowest BCUT2D eigenvalue weighted by molar-refractivity contribution is -0.0498. The standard InChI is InChI=1S/C21H19ClF3N3O2/c1-13-18(19(22)28(26-13)12-15-3-7-16(23)8-4-15)20(29)27(2)11-14-5-9-17(10-6-14)30-21(24)25/h3-10,21H,11-12H2,1-2H3. The first-order valence-electron chi connectivity index (χ1n) is 9.01. The van der Waals surface area contributed by atoms with E-state index in [1.807, 2.05) is 0 Å². The molecule has 0 aliphatic carbocycles. The Balaban J connectivity index is 1.72. The highest BCUT2D eigenvalue weighted by atomic mass is 35.5. The molecule has 5 nitrogen and oxygen atoms in total. The number of alkyl halides is 2. The van der Waals surface area contributed by atoms with Gasteiger partial charge in [0.1, 0.15) is 16.7 Å². The van der Waals surface area contributed by atoms with Crippen LogP contribution in [0.4, 0.5) is 13.2 Å². The van der Waals surface area contributed by atoms with Gasteiger partial charge in [0, 0.05) is 13.6 Å². The highest BCUT2D eigenvalue weighted by molar-refractivity contribution is 6.33. The van der Waals surface area contributed by atoms with Crippen LogP contribution in [-0.4, -0.2) is 34.2 Å². The monoisotopic (exact) mass is 437 g/mol. The van der Waals surface area contributed by atoms with Crippen molar-refractivity contribution >= 4 is 17.5 Å². The average Bonchev–Trinajstić information content (AvgIpc) is 2.97. The van der Waals surface area contributed by atoms with E-state index in [1.165, 1.54) is 33.8 Å². The van der Waals surface area contributed by atoms with Crippen molar-refractivity contribution in [3.8, 4) is 5.75 Å². The van der Waals surface area contributed by atoms with Gasteiger partial charge in [-0.15, -0.1) is 0 Å². The third-order valence-corrected chi connectivity index (χ3v) is 4.82. The van der Waals surface area contributed by atoms with Crippen LogP contribution < -0.4 is 4.74 Å². The fraction of sp³-hybridized carbons (Fsp3) is 0.238. The highest BCUT2D eigenvalue weighted by Gasteiger charge is 2.23. The second kappa shape index (κ2) is 9.21. The molecule has 0 radical (unpaired) electrons. The summed E-state index contributed by atoms with van der Waals surface area (Å²) >= 11 is 6.41. The summed E-state index contributed by atoms with van der Waals surface area (Å²) in [6.45, 7) is -0.670. The third kappa shape index (κ3) is 5.13. The molecular formula is C21H19ClF3N3O2. The molecule has 0 saturated carbocycles. The number of benzene rings is 2. The molecule has 0 unspecified atom stereocenters. The molecule has 0 aliphatic heterocycles. The van der Waals surface area contributed by atoms with Gasteiger partial charge >= 0.3 is 6.61 Å². The Labute approximate surface area is 176 Å². The molecule has 0 bridgehead atoms. The maximum Gasteiger partial charge on any atom is 0.387 e. The minimum atomic E-state index is -2.89. The molecular weight excluding hydrogens is 419 g/mol. The lowest BCUT2D eigenvalue weighted by atomic mass is 10.2. The second-order valence-corrected chi connectivity index (χ2v) is 7.08. The Morgan fingerprint density at radius 3 is 2.33 bits per heavy atom. The molecule has 9 heteroatoms. The maximum atomic E-state index is 13.1. The van der Waals surface area contributed by atoms with Crippen LogP contribution in [0.3, 0.4) is 0 Å². The van der Waals surface area contributed by atoms with Crippen molar-refractivity contribution in [2.75, 3.05) is 7.05 Å². The van der Waals surface area contributed by atoms with Crippen molar-refractivity contribution in [2.24, 2.45) is 0 Å². The molecule has 3 rings (SSSR count). The SMILES string of the molecule is Cc1nn(Cc2ccc(F)cc2)c(Cl)c1C(=O)N(C)Cc1ccc(OC(F)F)cc1. The predicted octanol–water partition coefficient (Wildman–Crippen LogP) is 4.91. The number of ether oxygens (including phenoxy) is 1.